The predicted octanol–water partition coefficient (Wildman–Crippen LogP) is 1.41. The average molecular weight is 526 g/mol. The van der Waals surface area contributed by atoms with Gasteiger partial charge in [0.05, 0.1) is 11.6 Å². The molecule has 4 atom stereocenters. The number of rotatable bonds is 7. The van der Waals surface area contributed by atoms with Crippen molar-refractivity contribution in [1.29, 1.82) is 0 Å². The van der Waals surface area contributed by atoms with Crippen LogP contribution in [0, 0.1) is 11.8 Å². The number of aliphatic hydroxyl groups excluding tert-OH is 2. The Labute approximate surface area is 221 Å². The Morgan fingerprint density at radius 2 is 1.87 bits per heavy atom. The van der Waals surface area contributed by atoms with Gasteiger partial charge in [-0.25, -0.2) is 0 Å². The van der Waals surface area contributed by atoms with Crippen LogP contribution in [-0.4, -0.2) is 89.1 Å². The molecular formula is C28H35N3O7. The third-order valence-electron chi connectivity index (χ3n) is 7.97. The van der Waals surface area contributed by atoms with Crippen LogP contribution >= 0.6 is 0 Å². The molecule has 10 nitrogen and oxygen atoms in total. The molecule has 2 unspecified atom stereocenters. The zero-order valence-electron chi connectivity index (χ0n) is 22.3. The van der Waals surface area contributed by atoms with E-state index in [0.29, 0.717) is 17.7 Å². The van der Waals surface area contributed by atoms with Crippen molar-refractivity contribution in [2.75, 3.05) is 39.6 Å². The van der Waals surface area contributed by atoms with E-state index >= 15 is 0 Å². The highest BCUT2D eigenvalue weighted by Crippen LogP contribution is 2.54. The van der Waals surface area contributed by atoms with Gasteiger partial charge in [-0.1, -0.05) is 6.08 Å². The van der Waals surface area contributed by atoms with E-state index in [9.17, 15) is 34.8 Å². The van der Waals surface area contributed by atoms with Crippen molar-refractivity contribution in [3.05, 3.63) is 52.3 Å². The summed E-state index contributed by atoms with van der Waals surface area (Å²) in [6, 6.07) is 0.785. The average Bonchev–Trinajstić information content (AvgIpc) is 2.82. The quantitative estimate of drug-likeness (QED) is 0.201. The van der Waals surface area contributed by atoms with Crippen molar-refractivity contribution in [2.24, 2.45) is 11.8 Å². The number of aromatic hydroxyl groups is 1. The van der Waals surface area contributed by atoms with Crippen LogP contribution in [0.1, 0.15) is 30.0 Å². The number of hydrogen-bond acceptors (Lipinski definition) is 10. The number of nitrogens with one attached hydrogen (secondary N) is 1. The van der Waals surface area contributed by atoms with Gasteiger partial charge < -0.3 is 30.6 Å². The van der Waals surface area contributed by atoms with Gasteiger partial charge in [-0.3, -0.25) is 19.3 Å². The summed E-state index contributed by atoms with van der Waals surface area (Å²) in [6.07, 6.45) is 2.02. The Bertz CT molecular complexity index is 1310. The number of phenolic OH excluding ortho intramolecular Hbond substituents is 1. The molecule has 38 heavy (non-hydrogen) atoms. The van der Waals surface area contributed by atoms with E-state index in [4.69, 9.17) is 0 Å². The van der Waals surface area contributed by atoms with E-state index in [2.05, 4.69) is 11.9 Å². The van der Waals surface area contributed by atoms with Gasteiger partial charge in [0.15, 0.2) is 17.2 Å². The number of fused-ring (bicyclic) bond motifs is 3. The molecule has 10 heteroatoms. The molecule has 1 aromatic carbocycles. The minimum atomic E-state index is -2.58. The molecule has 4 rings (SSSR count). The van der Waals surface area contributed by atoms with Crippen molar-refractivity contribution in [2.45, 2.75) is 38.0 Å². The molecule has 1 saturated carbocycles. The first-order valence-electron chi connectivity index (χ1n) is 12.5. The van der Waals surface area contributed by atoms with Crippen molar-refractivity contribution in [3.8, 4) is 5.75 Å². The summed E-state index contributed by atoms with van der Waals surface area (Å²) in [5.74, 6) is -5.69. The number of ketones is 3. The topological polar surface area (TPSA) is 151 Å². The van der Waals surface area contributed by atoms with Gasteiger partial charge in [0.1, 0.15) is 22.8 Å². The second kappa shape index (κ2) is 9.68. The lowest BCUT2D eigenvalue weighted by Crippen LogP contribution is -2.65. The summed E-state index contributed by atoms with van der Waals surface area (Å²) >= 11 is 0. The molecule has 1 fully saturated rings. The normalized spacial score (nSPS) is 26.8. The van der Waals surface area contributed by atoms with Crippen LogP contribution in [0.25, 0.3) is 5.76 Å². The molecule has 5 N–H and O–H groups in total. The number of aliphatic hydroxyl groups is 3. The number of hydrogen-bond donors (Lipinski definition) is 5. The van der Waals surface area contributed by atoms with E-state index in [0.717, 1.165) is 12.6 Å². The largest absolute Gasteiger partial charge is 0.508 e. The van der Waals surface area contributed by atoms with E-state index in [1.807, 2.05) is 25.1 Å². The number of nitrogens with zero attached hydrogens (tertiary/aromatic N) is 2. The highest BCUT2D eigenvalue weighted by molar-refractivity contribution is 6.25. The van der Waals surface area contributed by atoms with Crippen molar-refractivity contribution in [3.63, 3.8) is 0 Å². The van der Waals surface area contributed by atoms with Gasteiger partial charge >= 0.3 is 0 Å². The van der Waals surface area contributed by atoms with Crippen LogP contribution in [0.15, 0.2) is 35.6 Å². The van der Waals surface area contributed by atoms with Crippen LogP contribution in [-0.2, 0) is 27.3 Å². The SMILES string of the molecule is C=CCNCc1cc(N(C)C)c2c(c1O)C(O)=C1C(=O)[C@]3(O)C(O)=C(C(C)=O)C(=O)[C@@H](N(C)C)C3CC1C2. The predicted molar refractivity (Wildman–Crippen MR) is 142 cm³/mol. The minimum absolute atomic E-state index is 0.0845. The fourth-order valence-electron chi connectivity index (χ4n) is 6.29. The fraction of sp³-hybridized carbons (Fsp3) is 0.464. The minimum Gasteiger partial charge on any atom is -0.508 e. The molecule has 3 aliphatic carbocycles. The van der Waals surface area contributed by atoms with Crippen molar-refractivity contribution >= 4 is 28.8 Å². The molecular weight excluding hydrogens is 490 g/mol. The third kappa shape index (κ3) is 3.86. The molecule has 0 spiro atoms. The van der Waals surface area contributed by atoms with Gasteiger partial charge in [0.25, 0.3) is 0 Å². The second-order valence-electron chi connectivity index (χ2n) is 10.7. The number of carbonyl (C=O) groups excluding carboxylic acids is 3. The fourth-order valence-corrected chi connectivity index (χ4v) is 6.29. The number of carbonyl (C=O) groups is 3. The number of likely N-dealkylation sites (N-methyl/N-ethyl adjacent to an activating group) is 1. The summed E-state index contributed by atoms with van der Waals surface area (Å²) in [6.45, 7) is 5.52. The monoisotopic (exact) mass is 525 g/mol. The highest BCUT2D eigenvalue weighted by atomic mass is 16.3. The first-order chi connectivity index (χ1) is 17.8. The second-order valence-corrected chi connectivity index (χ2v) is 10.7. The first-order valence-corrected chi connectivity index (χ1v) is 12.5. The van der Waals surface area contributed by atoms with E-state index < -0.39 is 57.9 Å². The Kier molecular flexibility index (Phi) is 7.02. The van der Waals surface area contributed by atoms with Gasteiger partial charge in [-0.2, -0.15) is 0 Å². The summed E-state index contributed by atoms with van der Waals surface area (Å²) in [5.41, 5.74) is -1.34. The lowest BCUT2D eigenvalue weighted by atomic mass is 9.57. The van der Waals surface area contributed by atoms with Crippen LogP contribution in [0.5, 0.6) is 5.75 Å². The molecule has 1 aromatic rings. The maximum atomic E-state index is 14.0. The van der Waals surface area contributed by atoms with Crippen LogP contribution < -0.4 is 10.2 Å². The lowest BCUT2D eigenvalue weighted by molar-refractivity contribution is -0.153. The third-order valence-corrected chi connectivity index (χ3v) is 7.97. The maximum Gasteiger partial charge on any atom is 0.202 e. The summed E-state index contributed by atoms with van der Waals surface area (Å²) in [5, 5.41) is 48.6. The zero-order valence-corrected chi connectivity index (χ0v) is 22.3. The summed E-state index contributed by atoms with van der Waals surface area (Å²) in [4.78, 5) is 43.0. The first kappa shape index (κ1) is 27.6. The number of anilines is 1. The van der Waals surface area contributed by atoms with Gasteiger partial charge in [-0.15, -0.1) is 6.58 Å². The van der Waals surface area contributed by atoms with Crippen molar-refractivity contribution < 1.29 is 34.8 Å². The molecule has 0 aromatic heterocycles. The van der Waals surface area contributed by atoms with E-state index in [-0.39, 0.29) is 36.3 Å². The maximum absolute atomic E-state index is 14.0. The van der Waals surface area contributed by atoms with E-state index in [1.54, 1.807) is 20.2 Å². The molecule has 0 bridgehead atoms. The number of Topliss-reactive ketones (excluding diaryl/α,β-unsaturated/α-hetero) is 3. The van der Waals surface area contributed by atoms with Gasteiger partial charge in [-0.05, 0) is 51.4 Å². The number of phenols is 1. The van der Waals surface area contributed by atoms with E-state index in [1.165, 1.54) is 4.90 Å². The Hall–Kier alpha value is -3.47. The van der Waals surface area contributed by atoms with Gasteiger partial charge in [0.2, 0.25) is 5.78 Å². The smallest absolute Gasteiger partial charge is 0.202 e. The molecule has 0 aliphatic heterocycles. The Morgan fingerprint density at radius 3 is 2.42 bits per heavy atom. The lowest BCUT2D eigenvalue weighted by Gasteiger charge is -2.50. The zero-order chi connectivity index (χ0) is 28.3. The molecule has 0 radical (unpaired) electrons. The molecule has 3 aliphatic rings. The van der Waals surface area contributed by atoms with Crippen LogP contribution in [0.3, 0.4) is 0 Å². The van der Waals surface area contributed by atoms with Crippen LogP contribution in [0.2, 0.25) is 0 Å². The van der Waals surface area contributed by atoms with Crippen LogP contribution in [0.4, 0.5) is 5.69 Å². The molecule has 204 valence electrons. The van der Waals surface area contributed by atoms with Gasteiger partial charge in [0, 0.05) is 49.9 Å². The molecule has 0 saturated heterocycles. The number of benzene rings is 1. The molecule has 0 heterocycles. The standard InChI is InChI=1S/C28H35N3O7/c1-7-8-29-12-15-11-18(30(3)4)16-9-14-10-17-22(31(5)6)25(35)19(13(2)32)26(36)28(17,38)27(37)20(14)24(34)21(16)23(15)33/h7,11,14,17,22,29,33-34,36,38H,1,8-10,12H2,2-6H3/t14?,17?,22-,28+/m0/s1. The highest BCUT2D eigenvalue weighted by Gasteiger charge is 2.64. The Morgan fingerprint density at radius 1 is 1.21 bits per heavy atom. The molecule has 0 amide bonds. The van der Waals surface area contributed by atoms with Crippen molar-refractivity contribution in [1.82, 2.24) is 10.2 Å². The summed E-state index contributed by atoms with van der Waals surface area (Å²) < 4.78 is 0. The Balaban J connectivity index is 1.96. The summed E-state index contributed by atoms with van der Waals surface area (Å²) in [7, 11) is 6.89.